The van der Waals surface area contributed by atoms with E-state index < -0.39 is 0 Å². The van der Waals surface area contributed by atoms with Gasteiger partial charge in [0.25, 0.3) is 0 Å². The predicted molar refractivity (Wildman–Crippen MR) is 73.3 cm³/mol. The highest BCUT2D eigenvalue weighted by molar-refractivity contribution is 5.86. The highest BCUT2D eigenvalue weighted by Crippen LogP contribution is 2.26. The van der Waals surface area contributed by atoms with Crippen LogP contribution in [0.2, 0.25) is 0 Å². The third-order valence-electron chi connectivity index (χ3n) is 3.18. The molecule has 0 aromatic rings. The summed E-state index contributed by atoms with van der Waals surface area (Å²) in [5.41, 5.74) is 0. The summed E-state index contributed by atoms with van der Waals surface area (Å²) in [5.74, 6) is -0.351. The van der Waals surface area contributed by atoms with Crippen molar-refractivity contribution in [2.75, 3.05) is 6.61 Å². The number of ketones is 1. The van der Waals surface area contributed by atoms with E-state index >= 15 is 0 Å². The lowest BCUT2D eigenvalue weighted by Gasteiger charge is -2.24. The Morgan fingerprint density at radius 1 is 0.889 bits per heavy atom. The molecule has 3 heteroatoms. The molecule has 0 bridgehead atoms. The summed E-state index contributed by atoms with van der Waals surface area (Å²) in [6.07, 6.45) is 4.80. The average Bonchev–Trinajstić information content (AvgIpc) is 2.34. The molecule has 3 nitrogen and oxygen atoms in total. The summed E-state index contributed by atoms with van der Waals surface area (Å²) in [6.45, 7) is 8.30. The van der Waals surface area contributed by atoms with Crippen molar-refractivity contribution in [2.45, 2.75) is 66.2 Å². The van der Waals surface area contributed by atoms with Gasteiger partial charge in [0.05, 0.1) is 12.5 Å². The molecule has 0 radical (unpaired) electrons. The number of hydrogen-bond acceptors (Lipinski definition) is 3. The Kier molecular flexibility index (Phi) is 9.62. The molecule has 0 aromatic heterocycles. The summed E-state index contributed by atoms with van der Waals surface area (Å²) in [5, 5.41) is 0. The first-order valence-electron chi connectivity index (χ1n) is 7.31. The molecular formula is C15H28O3. The van der Waals surface area contributed by atoms with Crippen molar-refractivity contribution in [1.29, 1.82) is 0 Å². The molecule has 2 unspecified atom stereocenters. The van der Waals surface area contributed by atoms with Crippen molar-refractivity contribution >= 4 is 11.8 Å². The molecular weight excluding hydrogens is 228 g/mol. The van der Waals surface area contributed by atoms with Crippen LogP contribution in [0.1, 0.15) is 66.2 Å². The Bertz CT molecular complexity index is 222. The molecule has 0 aromatic carbocycles. The minimum Gasteiger partial charge on any atom is -0.466 e. The molecule has 0 aliphatic rings. The first kappa shape index (κ1) is 17.1. The fourth-order valence-electron chi connectivity index (χ4n) is 2.37. The van der Waals surface area contributed by atoms with E-state index in [9.17, 15) is 9.59 Å². The number of Topliss-reactive ketones (excluding diaryl/α,β-unsaturated/α-hetero) is 1. The summed E-state index contributed by atoms with van der Waals surface area (Å²) in [4.78, 5) is 24.1. The smallest absolute Gasteiger partial charge is 0.309 e. The van der Waals surface area contributed by atoms with E-state index in [2.05, 4.69) is 6.92 Å². The van der Waals surface area contributed by atoms with Gasteiger partial charge in [0, 0.05) is 12.3 Å². The fraction of sp³-hybridized carbons (Fsp3) is 0.867. The second-order valence-corrected chi connectivity index (χ2v) is 4.76. The Labute approximate surface area is 111 Å². The Balaban J connectivity index is 4.84. The van der Waals surface area contributed by atoms with Gasteiger partial charge in [-0.05, 0) is 26.2 Å². The zero-order chi connectivity index (χ0) is 14.0. The van der Waals surface area contributed by atoms with Crippen molar-refractivity contribution in [3.8, 4) is 0 Å². The molecule has 0 fully saturated rings. The summed E-state index contributed by atoms with van der Waals surface area (Å²) >= 11 is 0. The second kappa shape index (κ2) is 10.1. The minimum absolute atomic E-state index is 0.144. The zero-order valence-corrected chi connectivity index (χ0v) is 12.3. The van der Waals surface area contributed by atoms with Gasteiger partial charge in [-0.2, -0.15) is 0 Å². The van der Waals surface area contributed by atoms with Gasteiger partial charge in [-0.15, -0.1) is 0 Å². The lowest BCUT2D eigenvalue weighted by molar-refractivity contribution is -0.153. The second-order valence-electron chi connectivity index (χ2n) is 4.76. The maximum absolute atomic E-state index is 12.2. The van der Waals surface area contributed by atoms with Crippen molar-refractivity contribution in [1.82, 2.24) is 0 Å². The van der Waals surface area contributed by atoms with Crippen LogP contribution in [-0.4, -0.2) is 18.4 Å². The fourth-order valence-corrected chi connectivity index (χ4v) is 2.37. The predicted octanol–water partition coefficient (Wildman–Crippen LogP) is 3.75. The van der Waals surface area contributed by atoms with Gasteiger partial charge in [-0.3, -0.25) is 9.59 Å². The molecule has 0 amide bonds. The van der Waals surface area contributed by atoms with E-state index in [1.807, 2.05) is 20.8 Å². The van der Waals surface area contributed by atoms with Crippen molar-refractivity contribution in [3.63, 3.8) is 0 Å². The van der Waals surface area contributed by atoms with E-state index in [0.717, 1.165) is 32.1 Å². The average molecular weight is 256 g/mol. The molecule has 0 heterocycles. The van der Waals surface area contributed by atoms with Crippen LogP contribution in [0.25, 0.3) is 0 Å². The van der Waals surface area contributed by atoms with E-state index in [0.29, 0.717) is 13.0 Å². The molecule has 0 spiro atoms. The molecule has 0 aliphatic heterocycles. The van der Waals surface area contributed by atoms with Gasteiger partial charge in [0.1, 0.15) is 5.78 Å². The SMILES string of the molecule is CCCC(=O)C(CCC)C(CCC)C(=O)OCC. The first-order valence-corrected chi connectivity index (χ1v) is 7.31. The number of ether oxygens (including phenoxy) is 1. The van der Waals surface area contributed by atoms with Crippen LogP contribution in [0.3, 0.4) is 0 Å². The number of carbonyl (C=O) groups excluding carboxylic acids is 2. The lowest BCUT2D eigenvalue weighted by Crippen LogP contribution is -2.31. The van der Waals surface area contributed by atoms with Gasteiger partial charge in [0.2, 0.25) is 0 Å². The number of carbonyl (C=O) groups is 2. The van der Waals surface area contributed by atoms with Crippen LogP contribution < -0.4 is 0 Å². The summed E-state index contributed by atoms with van der Waals surface area (Å²) in [6, 6.07) is 0. The molecule has 0 N–H and O–H groups in total. The quantitative estimate of drug-likeness (QED) is 0.559. The molecule has 0 saturated carbocycles. The molecule has 0 rings (SSSR count). The Hall–Kier alpha value is -0.860. The standard InChI is InChI=1S/C15H28O3/c1-5-9-12(14(16)11-7-3)13(10-6-2)15(17)18-8-4/h12-13H,5-11H2,1-4H3. The van der Waals surface area contributed by atoms with Crippen molar-refractivity contribution < 1.29 is 14.3 Å². The monoisotopic (exact) mass is 256 g/mol. The van der Waals surface area contributed by atoms with Gasteiger partial charge < -0.3 is 4.74 Å². The number of rotatable bonds is 10. The van der Waals surface area contributed by atoms with Crippen LogP contribution in [0.4, 0.5) is 0 Å². The van der Waals surface area contributed by atoms with Gasteiger partial charge in [-0.1, -0.05) is 33.6 Å². The van der Waals surface area contributed by atoms with Crippen molar-refractivity contribution in [3.05, 3.63) is 0 Å². The highest BCUT2D eigenvalue weighted by Gasteiger charge is 2.32. The van der Waals surface area contributed by atoms with Crippen LogP contribution in [0.5, 0.6) is 0 Å². The third-order valence-corrected chi connectivity index (χ3v) is 3.18. The van der Waals surface area contributed by atoms with Crippen LogP contribution in [0, 0.1) is 11.8 Å². The van der Waals surface area contributed by atoms with Gasteiger partial charge >= 0.3 is 5.97 Å². The van der Waals surface area contributed by atoms with E-state index in [-0.39, 0.29) is 23.6 Å². The lowest BCUT2D eigenvalue weighted by atomic mass is 9.81. The molecule has 0 saturated heterocycles. The summed E-state index contributed by atoms with van der Waals surface area (Å²) in [7, 11) is 0. The topological polar surface area (TPSA) is 43.4 Å². The third kappa shape index (κ3) is 5.65. The van der Waals surface area contributed by atoms with Crippen LogP contribution >= 0.6 is 0 Å². The van der Waals surface area contributed by atoms with E-state index in [1.165, 1.54) is 0 Å². The van der Waals surface area contributed by atoms with Crippen molar-refractivity contribution in [2.24, 2.45) is 11.8 Å². The molecule has 18 heavy (non-hydrogen) atoms. The highest BCUT2D eigenvalue weighted by atomic mass is 16.5. The molecule has 2 atom stereocenters. The Morgan fingerprint density at radius 3 is 1.89 bits per heavy atom. The number of hydrogen-bond donors (Lipinski definition) is 0. The van der Waals surface area contributed by atoms with Gasteiger partial charge in [0.15, 0.2) is 0 Å². The maximum Gasteiger partial charge on any atom is 0.309 e. The normalized spacial score (nSPS) is 14.0. The minimum atomic E-state index is -0.242. The largest absolute Gasteiger partial charge is 0.466 e. The van der Waals surface area contributed by atoms with Crippen LogP contribution in [0.15, 0.2) is 0 Å². The molecule has 0 aliphatic carbocycles. The summed E-state index contributed by atoms with van der Waals surface area (Å²) < 4.78 is 5.12. The molecule has 106 valence electrons. The Morgan fingerprint density at radius 2 is 1.44 bits per heavy atom. The van der Waals surface area contributed by atoms with Gasteiger partial charge in [-0.25, -0.2) is 0 Å². The maximum atomic E-state index is 12.2. The first-order chi connectivity index (χ1) is 8.62. The van der Waals surface area contributed by atoms with E-state index in [1.54, 1.807) is 0 Å². The zero-order valence-electron chi connectivity index (χ0n) is 12.3. The van der Waals surface area contributed by atoms with E-state index in [4.69, 9.17) is 4.74 Å². The van der Waals surface area contributed by atoms with Crippen LogP contribution in [-0.2, 0) is 14.3 Å². The number of esters is 1.